The highest BCUT2D eigenvalue weighted by atomic mass is 16.5. The van der Waals surface area contributed by atoms with Crippen molar-refractivity contribution < 1.29 is 19.0 Å². The van der Waals surface area contributed by atoms with E-state index in [2.05, 4.69) is 45.1 Å². The third-order valence-corrected chi connectivity index (χ3v) is 6.31. The van der Waals surface area contributed by atoms with Crippen LogP contribution in [0.5, 0.6) is 17.2 Å². The zero-order chi connectivity index (χ0) is 23.4. The van der Waals surface area contributed by atoms with E-state index in [-0.39, 0.29) is 11.9 Å². The van der Waals surface area contributed by atoms with Gasteiger partial charge >= 0.3 is 0 Å². The molecule has 0 saturated heterocycles. The molecule has 0 spiro atoms. The number of nitrogens with zero attached hydrogens (tertiary/aromatic N) is 2. The summed E-state index contributed by atoms with van der Waals surface area (Å²) >= 11 is 0. The summed E-state index contributed by atoms with van der Waals surface area (Å²) in [6, 6.07) is 16.1. The second-order valence-corrected chi connectivity index (χ2v) is 8.17. The minimum absolute atomic E-state index is 0.0457. The summed E-state index contributed by atoms with van der Waals surface area (Å²) < 4.78 is 18.3. The summed E-state index contributed by atoms with van der Waals surface area (Å²) in [4.78, 5) is 15.6. The highest BCUT2D eigenvalue weighted by molar-refractivity contribution is 5.95. The summed E-state index contributed by atoms with van der Waals surface area (Å²) in [5, 5.41) is 3.13. The van der Waals surface area contributed by atoms with E-state index in [4.69, 9.17) is 14.2 Å². The number of nitrogens with one attached hydrogen (secondary N) is 1. The van der Waals surface area contributed by atoms with Gasteiger partial charge in [-0.3, -0.25) is 9.69 Å². The topological polar surface area (TPSA) is 65.0 Å². The van der Waals surface area contributed by atoms with Crippen molar-refractivity contribution in [3.63, 3.8) is 0 Å². The number of carbonyl (C=O) groups excluding carboxylic acids is 1. The first-order valence-corrected chi connectivity index (χ1v) is 11.1. The number of methoxy groups -OCH3 is 3. The number of rotatable bonds is 8. The zero-order valence-corrected chi connectivity index (χ0v) is 19.6. The quantitative estimate of drug-likeness (QED) is 0.570. The van der Waals surface area contributed by atoms with Crippen LogP contribution in [0.1, 0.15) is 33.2 Å². The Hall–Kier alpha value is -3.45. The molecule has 0 unspecified atom stereocenters. The molecule has 1 aliphatic rings. The van der Waals surface area contributed by atoms with Crippen molar-refractivity contribution in [1.82, 2.24) is 14.8 Å². The molecular weight excluding hydrogens is 418 g/mol. The largest absolute Gasteiger partial charge is 0.493 e. The molecule has 0 bridgehead atoms. The molecule has 3 aromatic rings. The molecule has 0 saturated carbocycles. The van der Waals surface area contributed by atoms with Crippen molar-refractivity contribution >= 4 is 5.91 Å². The van der Waals surface area contributed by atoms with E-state index in [0.29, 0.717) is 29.4 Å². The van der Waals surface area contributed by atoms with Gasteiger partial charge in [-0.05, 0) is 41.8 Å². The number of carbonyl (C=O) groups is 1. The van der Waals surface area contributed by atoms with Crippen LogP contribution in [0.3, 0.4) is 0 Å². The molecule has 174 valence electrons. The molecular formula is C26H31N3O4. The SMILES string of the molecule is COc1cc(C(=O)NC[C@H](c2cccn2C)N2CCc3ccccc3C2)cc(OC)c1OC. The lowest BCUT2D eigenvalue weighted by Crippen LogP contribution is -2.41. The van der Waals surface area contributed by atoms with Crippen LogP contribution in [0, 0.1) is 0 Å². The molecule has 2 heterocycles. The van der Waals surface area contributed by atoms with Crippen LogP contribution in [0.15, 0.2) is 54.7 Å². The average Bonchev–Trinajstić information content (AvgIpc) is 3.28. The van der Waals surface area contributed by atoms with Gasteiger partial charge in [0.2, 0.25) is 5.75 Å². The summed E-state index contributed by atoms with van der Waals surface area (Å²) in [6.45, 7) is 2.27. The Morgan fingerprint density at radius 3 is 2.30 bits per heavy atom. The van der Waals surface area contributed by atoms with Crippen LogP contribution >= 0.6 is 0 Å². The number of amides is 1. The van der Waals surface area contributed by atoms with E-state index in [9.17, 15) is 4.79 Å². The number of ether oxygens (including phenoxy) is 3. The van der Waals surface area contributed by atoms with Gasteiger partial charge in [-0.25, -0.2) is 0 Å². The number of fused-ring (bicyclic) bond motifs is 1. The fourth-order valence-corrected chi connectivity index (χ4v) is 4.53. The van der Waals surface area contributed by atoms with Gasteiger partial charge in [0.15, 0.2) is 11.5 Å². The number of aromatic nitrogens is 1. The minimum atomic E-state index is -0.189. The van der Waals surface area contributed by atoms with Gasteiger partial charge in [0.25, 0.3) is 5.91 Å². The van der Waals surface area contributed by atoms with Crippen LogP contribution in [-0.4, -0.2) is 49.8 Å². The molecule has 4 rings (SSSR count). The molecule has 1 N–H and O–H groups in total. The average molecular weight is 450 g/mol. The zero-order valence-electron chi connectivity index (χ0n) is 19.6. The van der Waals surface area contributed by atoms with E-state index in [0.717, 1.165) is 19.5 Å². The standard InChI is InChI=1S/C26H31N3O4/c1-28-12-7-10-21(28)22(29-13-11-18-8-5-6-9-19(18)17-29)16-27-26(30)20-14-23(31-2)25(33-4)24(15-20)32-3/h5-10,12,14-15,22H,11,13,16-17H2,1-4H3,(H,27,30)/t22-/m1/s1. The van der Waals surface area contributed by atoms with Crippen molar-refractivity contribution in [2.24, 2.45) is 7.05 Å². The number of hydrogen-bond donors (Lipinski definition) is 1. The second kappa shape index (κ2) is 10.0. The Morgan fingerprint density at radius 1 is 1.00 bits per heavy atom. The Kier molecular flexibility index (Phi) is 6.89. The normalized spacial score (nSPS) is 14.3. The van der Waals surface area contributed by atoms with E-state index in [1.807, 2.05) is 19.3 Å². The number of hydrogen-bond acceptors (Lipinski definition) is 5. The highest BCUT2D eigenvalue weighted by Crippen LogP contribution is 2.38. The van der Waals surface area contributed by atoms with Gasteiger partial charge in [0, 0.05) is 44.1 Å². The molecule has 1 aliphatic heterocycles. The molecule has 1 amide bonds. The lowest BCUT2D eigenvalue weighted by atomic mass is 9.97. The highest BCUT2D eigenvalue weighted by Gasteiger charge is 2.27. The Balaban J connectivity index is 1.56. The second-order valence-electron chi connectivity index (χ2n) is 8.17. The first-order valence-electron chi connectivity index (χ1n) is 11.1. The summed E-state index contributed by atoms with van der Waals surface area (Å²) in [5.74, 6) is 1.18. The van der Waals surface area contributed by atoms with Crippen LogP contribution in [0.25, 0.3) is 0 Å². The molecule has 0 radical (unpaired) electrons. The van der Waals surface area contributed by atoms with E-state index in [1.54, 1.807) is 33.5 Å². The molecule has 33 heavy (non-hydrogen) atoms. The van der Waals surface area contributed by atoms with Crippen LogP contribution in [0.4, 0.5) is 0 Å². The first kappa shape index (κ1) is 22.7. The number of aryl methyl sites for hydroxylation is 1. The lowest BCUT2D eigenvalue weighted by molar-refractivity contribution is 0.0924. The van der Waals surface area contributed by atoms with E-state index < -0.39 is 0 Å². The molecule has 0 aliphatic carbocycles. The third kappa shape index (κ3) is 4.68. The molecule has 7 heteroatoms. The maximum atomic E-state index is 13.1. The van der Waals surface area contributed by atoms with Crippen LogP contribution in [0.2, 0.25) is 0 Å². The fraction of sp³-hybridized carbons (Fsp3) is 0.346. The maximum Gasteiger partial charge on any atom is 0.251 e. The maximum absolute atomic E-state index is 13.1. The van der Waals surface area contributed by atoms with Crippen molar-refractivity contribution in [2.75, 3.05) is 34.4 Å². The smallest absolute Gasteiger partial charge is 0.251 e. The van der Waals surface area contributed by atoms with Crippen LogP contribution in [-0.2, 0) is 20.0 Å². The molecule has 1 aromatic heterocycles. The van der Waals surface area contributed by atoms with Gasteiger partial charge in [-0.15, -0.1) is 0 Å². The van der Waals surface area contributed by atoms with Gasteiger partial charge < -0.3 is 24.1 Å². The summed E-state index contributed by atoms with van der Waals surface area (Å²) in [7, 11) is 6.67. The molecule has 7 nitrogen and oxygen atoms in total. The Morgan fingerprint density at radius 2 is 1.70 bits per heavy atom. The monoisotopic (exact) mass is 449 g/mol. The van der Waals surface area contributed by atoms with Gasteiger partial charge in [-0.2, -0.15) is 0 Å². The van der Waals surface area contributed by atoms with Gasteiger partial charge in [0.1, 0.15) is 0 Å². The lowest BCUT2D eigenvalue weighted by Gasteiger charge is -2.36. The molecule has 0 fully saturated rings. The predicted octanol–water partition coefficient (Wildman–Crippen LogP) is 3.58. The van der Waals surface area contributed by atoms with Crippen molar-refractivity contribution in [1.29, 1.82) is 0 Å². The van der Waals surface area contributed by atoms with Gasteiger partial charge in [0.05, 0.1) is 27.4 Å². The van der Waals surface area contributed by atoms with E-state index >= 15 is 0 Å². The predicted molar refractivity (Wildman–Crippen MR) is 127 cm³/mol. The number of benzene rings is 2. The summed E-state index contributed by atoms with van der Waals surface area (Å²) in [5.41, 5.74) is 4.37. The fourth-order valence-electron chi connectivity index (χ4n) is 4.53. The summed E-state index contributed by atoms with van der Waals surface area (Å²) in [6.07, 6.45) is 3.04. The van der Waals surface area contributed by atoms with Crippen LogP contribution < -0.4 is 19.5 Å². The minimum Gasteiger partial charge on any atom is -0.493 e. The molecule has 1 atom stereocenters. The van der Waals surface area contributed by atoms with Crippen molar-refractivity contribution in [3.05, 3.63) is 77.1 Å². The van der Waals surface area contributed by atoms with E-state index in [1.165, 1.54) is 16.8 Å². The Bertz CT molecular complexity index is 1100. The van der Waals surface area contributed by atoms with Gasteiger partial charge in [-0.1, -0.05) is 24.3 Å². The third-order valence-electron chi connectivity index (χ3n) is 6.31. The molecule has 2 aromatic carbocycles. The Labute approximate surface area is 194 Å². The first-order chi connectivity index (χ1) is 16.0. The van der Waals surface area contributed by atoms with Crippen molar-refractivity contribution in [3.8, 4) is 17.2 Å². The van der Waals surface area contributed by atoms with Crippen molar-refractivity contribution in [2.45, 2.75) is 19.0 Å².